The summed E-state index contributed by atoms with van der Waals surface area (Å²) in [4.78, 5) is 0. The van der Waals surface area contributed by atoms with Crippen LogP contribution in [0.2, 0.25) is 0 Å². The summed E-state index contributed by atoms with van der Waals surface area (Å²) < 4.78 is 3.21. The lowest BCUT2D eigenvalue weighted by Crippen LogP contribution is -2.24. The Bertz CT molecular complexity index is 648. The first-order chi connectivity index (χ1) is 10.1. The van der Waals surface area contributed by atoms with Gasteiger partial charge in [-0.05, 0) is 52.4 Å². The van der Waals surface area contributed by atoms with Gasteiger partial charge in [0.1, 0.15) is 5.82 Å². The zero-order valence-electron chi connectivity index (χ0n) is 12.4. The van der Waals surface area contributed by atoms with Crippen molar-refractivity contribution in [1.29, 1.82) is 0 Å². The van der Waals surface area contributed by atoms with Crippen LogP contribution in [-0.2, 0) is 6.42 Å². The van der Waals surface area contributed by atoms with Crippen LogP contribution >= 0.6 is 15.9 Å². The summed E-state index contributed by atoms with van der Waals surface area (Å²) in [6.45, 7) is 5.38. The molecule has 3 N–H and O–H groups in total. The molecule has 1 aromatic carbocycles. The van der Waals surface area contributed by atoms with Crippen molar-refractivity contribution in [2.24, 2.45) is 5.92 Å². The van der Waals surface area contributed by atoms with Gasteiger partial charge in [0.15, 0.2) is 0 Å². The summed E-state index contributed by atoms with van der Waals surface area (Å²) in [5.41, 5.74) is 9.09. The number of nitrogens with two attached hydrogens (primary N) is 1. The topological polar surface area (TPSA) is 55.9 Å². The average molecular weight is 349 g/mol. The van der Waals surface area contributed by atoms with Crippen molar-refractivity contribution in [1.82, 2.24) is 9.78 Å². The van der Waals surface area contributed by atoms with E-state index in [1.165, 1.54) is 5.56 Å². The minimum absolute atomic E-state index is 0.252. The van der Waals surface area contributed by atoms with Crippen molar-refractivity contribution < 1.29 is 0 Å². The van der Waals surface area contributed by atoms with Crippen molar-refractivity contribution in [3.05, 3.63) is 40.0 Å². The van der Waals surface area contributed by atoms with Crippen LogP contribution in [0.5, 0.6) is 0 Å². The highest BCUT2D eigenvalue weighted by molar-refractivity contribution is 9.10. The van der Waals surface area contributed by atoms with Crippen LogP contribution < -0.4 is 11.1 Å². The second-order valence-corrected chi connectivity index (χ2v) is 6.85. The van der Waals surface area contributed by atoms with Crippen molar-refractivity contribution in [3.8, 4) is 0 Å². The highest BCUT2D eigenvalue weighted by Gasteiger charge is 2.26. The van der Waals surface area contributed by atoms with E-state index in [9.17, 15) is 0 Å². The van der Waals surface area contributed by atoms with E-state index in [0.29, 0.717) is 5.92 Å². The molecule has 1 unspecified atom stereocenters. The van der Waals surface area contributed by atoms with Gasteiger partial charge in [0, 0.05) is 12.2 Å². The fraction of sp³-hybridized carbons (Fsp3) is 0.438. The lowest BCUT2D eigenvalue weighted by Gasteiger charge is -2.26. The number of rotatable bonds is 3. The summed E-state index contributed by atoms with van der Waals surface area (Å²) >= 11 is 3.71. The van der Waals surface area contributed by atoms with E-state index >= 15 is 0 Å². The van der Waals surface area contributed by atoms with E-state index in [-0.39, 0.29) is 6.04 Å². The van der Waals surface area contributed by atoms with Crippen molar-refractivity contribution in [2.75, 3.05) is 17.6 Å². The molecule has 1 aromatic heterocycles. The first-order valence-electron chi connectivity index (χ1n) is 7.42. The second-order valence-electron chi connectivity index (χ2n) is 6.05. The number of fused-ring (bicyclic) bond motifs is 1. The van der Waals surface area contributed by atoms with Gasteiger partial charge in [-0.3, -0.25) is 0 Å². The van der Waals surface area contributed by atoms with Crippen LogP contribution in [0.3, 0.4) is 0 Å². The third kappa shape index (κ3) is 2.79. The Hall–Kier alpha value is -1.49. The fourth-order valence-electron chi connectivity index (χ4n) is 2.89. The molecule has 112 valence electrons. The smallest absolute Gasteiger partial charge is 0.139 e. The second kappa shape index (κ2) is 5.72. The van der Waals surface area contributed by atoms with Gasteiger partial charge in [0.2, 0.25) is 0 Å². The van der Waals surface area contributed by atoms with Crippen LogP contribution in [0.1, 0.15) is 37.6 Å². The van der Waals surface area contributed by atoms with Crippen LogP contribution in [0.25, 0.3) is 0 Å². The number of halogens is 1. The number of hydrogen-bond acceptors (Lipinski definition) is 3. The van der Waals surface area contributed by atoms with E-state index in [2.05, 4.69) is 51.9 Å². The molecule has 1 aliphatic rings. The molecule has 0 radical (unpaired) electrons. The van der Waals surface area contributed by atoms with E-state index < -0.39 is 0 Å². The van der Waals surface area contributed by atoms with Gasteiger partial charge in [0.05, 0.1) is 16.2 Å². The first-order valence-corrected chi connectivity index (χ1v) is 8.21. The Labute approximate surface area is 133 Å². The van der Waals surface area contributed by atoms with Crippen molar-refractivity contribution in [2.45, 2.75) is 32.7 Å². The van der Waals surface area contributed by atoms with Crippen LogP contribution in [0, 0.1) is 5.92 Å². The number of nitrogens with one attached hydrogen (secondary N) is 1. The molecule has 0 fully saturated rings. The molecule has 1 aliphatic heterocycles. The van der Waals surface area contributed by atoms with Crippen molar-refractivity contribution >= 4 is 27.4 Å². The van der Waals surface area contributed by atoms with Crippen LogP contribution in [0.4, 0.5) is 11.5 Å². The zero-order valence-corrected chi connectivity index (χ0v) is 14.0. The molecule has 0 amide bonds. The highest BCUT2D eigenvalue weighted by atomic mass is 79.9. The minimum atomic E-state index is 0.252. The van der Waals surface area contributed by atoms with Gasteiger partial charge in [-0.15, -0.1) is 0 Å². The normalized spacial score (nSPS) is 17.6. The van der Waals surface area contributed by atoms with Crippen molar-refractivity contribution in [3.63, 3.8) is 0 Å². The predicted octanol–water partition coefficient (Wildman–Crippen LogP) is 3.83. The Morgan fingerprint density at radius 2 is 2.29 bits per heavy atom. The molecule has 0 aliphatic carbocycles. The Balaban J connectivity index is 2.02. The summed E-state index contributed by atoms with van der Waals surface area (Å²) in [5.74, 6) is 1.67. The lowest BCUT2D eigenvalue weighted by molar-refractivity contribution is 0.474. The Kier molecular flexibility index (Phi) is 3.93. The summed E-state index contributed by atoms with van der Waals surface area (Å²) in [6.07, 6.45) is 2.00. The highest BCUT2D eigenvalue weighted by Crippen LogP contribution is 2.37. The zero-order chi connectivity index (χ0) is 15.0. The maximum atomic E-state index is 5.93. The minimum Gasteiger partial charge on any atom is -0.399 e. The Morgan fingerprint density at radius 3 is 3.00 bits per heavy atom. The fourth-order valence-corrected chi connectivity index (χ4v) is 3.45. The molecular weight excluding hydrogens is 328 g/mol. The standard InChI is InChI=1S/C16H21BrN4/c1-10(2)8-13-15(17)16-19-7-6-14(21(16)20-13)11-4-3-5-12(18)9-11/h3-5,9-10,14,19H,6-8,18H2,1-2H3. The van der Waals surface area contributed by atoms with E-state index in [0.717, 1.165) is 41.1 Å². The number of nitrogen functional groups attached to an aromatic ring is 1. The molecule has 1 atom stereocenters. The van der Waals surface area contributed by atoms with E-state index in [1.807, 2.05) is 12.1 Å². The maximum Gasteiger partial charge on any atom is 0.139 e. The number of hydrogen-bond donors (Lipinski definition) is 2. The molecular formula is C16H21BrN4. The number of aromatic nitrogens is 2. The summed E-state index contributed by atoms with van der Waals surface area (Å²) in [7, 11) is 0. The SMILES string of the molecule is CC(C)Cc1nn2c(c1Br)NCCC2c1cccc(N)c1. The maximum absolute atomic E-state index is 5.93. The molecule has 4 nitrogen and oxygen atoms in total. The van der Waals surface area contributed by atoms with Gasteiger partial charge < -0.3 is 11.1 Å². The van der Waals surface area contributed by atoms with E-state index in [4.69, 9.17) is 10.8 Å². The molecule has 0 spiro atoms. The average Bonchev–Trinajstić information content (AvgIpc) is 2.75. The van der Waals surface area contributed by atoms with E-state index in [1.54, 1.807) is 0 Å². The van der Waals surface area contributed by atoms with Crippen LogP contribution in [0.15, 0.2) is 28.7 Å². The Morgan fingerprint density at radius 1 is 1.48 bits per heavy atom. The molecule has 0 saturated heterocycles. The quantitative estimate of drug-likeness (QED) is 0.828. The van der Waals surface area contributed by atoms with Crippen LogP contribution in [-0.4, -0.2) is 16.3 Å². The van der Waals surface area contributed by atoms with Gasteiger partial charge in [-0.2, -0.15) is 5.10 Å². The number of nitrogens with zero attached hydrogens (tertiary/aromatic N) is 2. The summed E-state index contributed by atoms with van der Waals surface area (Å²) in [5, 5.41) is 8.31. The van der Waals surface area contributed by atoms with Gasteiger partial charge in [0.25, 0.3) is 0 Å². The monoisotopic (exact) mass is 348 g/mol. The molecule has 5 heteroatoms. The predicted molar refractivity (Wildman–Crippen MR) is 90.6 cm³/mol. The molecule has 3 rings (SSSR count). The van der Waals surface area contributed by atoms with Gasteiger partial charge in [-0.25, -0.2) is 4.68 Å². The first kappa shape index (κ1) is 14.4. The molecule has 0 bridgehead atoms. The lowest BCUT2D eigenvalue weighted by atomic mass is 10.0. The number of anilines is 2. The molecule has 0 saturated carbocycles. The van der Waals surface area contributed by atoms with Gasteiger partial charge >= 0.3 is 0 Å². The third-order valence-electron chi connectivity index (χ3n) is 3.82. The molecule has 2 aromatic rings. The summed E-state index contributed by atoms with van der Waals surface area (Å²) in [6, 6.07) is 8.38. The molecule has 21 heavy (non-hydrogen) atoms. The third-order valence-corrected chi connectivity index (χ3v) is 4.65. The largest absolute Gasteiger partial charge is 0.399 e. The number of benzene rings is 1. The van der Waals surface area contributed by atoms with Gasteiger partial charge in [-0.1, -0.05) is 26.0 Å². The molecule has 2 heterocycles.